The van der Waals surface area contributed by atoms with Gasteiger partial charge in [-0.25, -0.2) is 0 Å². The lowest BCUT2D eigenvalue weighted by Gasteiger charge is -2.10. The third-order valence-electron chi connectivity index (χ3n) is 2.25. The molecule has 3 N–H and O–H groups in total. The minimum Gasteiger partial charge on any atom is -0.294 e. The number of carbonyl (C=O) groups excluding carboxylic acids is 1. The van der Waals surface area contributed by atoms with Crippen LogP contribution in [0, 0.1) is 0 Å². The van der Waals surface area contributed by atoms with Crippen LogP contribution in [0.3, 0.4) is 0 Å². The zero-order valence-electron chi connectivity index (χ0n) is 10.1. The lowest BCUT2D eigenvalue weighted by molar-refractivity contribution is 0.101. The van der Waals surface area contributed by atoms with Gasteiger partial charge in [0, 0.05) is 0 Å². The van der Waals surface area contributed by atoms with Crippen LogP contribution in [0.2, 0.25) is 0 Å². The Kier molecular flexibility index (Phi) is 4.30. The van der Waals surface area contributed by atoms with Gasteiger partial charge in [-0.3, -0.25) is 18.5 Å². The molecule has 0 heterocycles. The number of Topliss-reactive ketones (excluding diaryl/α,β-unsaturated/α-hetero) is 1. The van der Waals surface area contributed by atoms with E-state index in [-0.39, 0.29) is 12.1 Å². The van der Waals surface area contributed by atoms with Gasteiger partial charge in [-0.15, -0.1) is 0 Å². The molecule has 0 bridgehead atoms. The molecule has 1 aromatic rings. The first-order valence-electron chi connectivity index (χ1n) is 4.77. The molecule has 0 aliphatic rings. The number of carbonyl (C=O) groups is 1. The Morgan fingerprint density at radius 1 is 0.810 bits per heavy atom. The predicted molar refractivity (Wildman–Crippen MR) is 65.9 cm³/mol. The average Bonchev–Trinajstić information content (AvgIpc) is 2.23. The van der Waals surface area contributed by atoms with Gasteiger partial charge in [0.05, 0.1) is 10.5 Å². The fraction of sp³-hybridized carbons (Fsp3) is 0.125. The average molecular weight is 360 g/mol. The van der Waals surface area contributed by atoms with E-state index in [1.54, 1.807) is 0 Å². The molecule has 0 amide bonds. The lowest BCUT2D eigenvalue weighted by Crippen LogP contribution is -2.15. The van der Waals surface area contributed by atoms with Crippen LogP contribution in [-0.2, 0) is 30.4 Å². The van der Waals surface area contributed by atoms with Crippen LogP contribution in [0.25, 0.3) is 0 Å². The number of hydrogen-bond donors (Lipinski definition) is 3. The van der Waals surface area contributed by atoms with E-state index in [1.807, 2.05) is 0 Å². The summed E-state index contributed by atoms with van der Waals surface area (Å²) in [5, 5.41) is 0. The second-order valence-electron chi connectivity index (χ2n) is 3.78. The van der Waals surface area contributed by atoms with Gasteiger partial charge in [0.1, 0.15) is 9.79 Å². The van der Waals surface area contributed by atoms with Gasteiger partial charge < -0.3 is 0 Å². The highest BCUT2D eigenvalue weighted by molar-refractivity contribution is 7.87. The predicted octanol–water partition coefficient (Wildman–Crippen LogP) is -0.371. The summed E-state index contributed by atoms with van der Waals surface area (Å²) in [6.45, 7) is 0.728. The van der Waals surface area contributed by atoms with E-state index in [0.29, 0.717) is 0 Å². The van der Waals surface area contributed by atoms with Gasteiger partial charge in [0.15, 0.2) is 5.78 Å². The quantitative estimate of drug-likeness (QED) is 0.473. The zero-order valence-corrected chi connectivity index (χ0v) is 12.5. The Morgan fingerprint density at radius 2 is 1.14 bits per heavy atom. The molecule has 0 aliphatic heterocycles. The van der Waals surface area contributed by atoms with E-state index >= 15 is 0 Å². The second-order valence-corrected chi connectivity index (χ2v) is 7.98. The highest BCUT2D eigenvalue weighted by Gasteiger charge is 2.30. The van der Waals surface area contributed by atoms with E-state index in [1.165, 1.54) is 0 Å². The molecule has 21 heavy (non-hydrogen) atoms. The smallest absolute Gasteiger partial charge is 0.294 e. The summed E-state index contributed by atoms with van der Waals surface area (Å²) in [4.78, 5) is 7.38. The van der Waals surface area contributed by atoms with Crippen molar-refractivity contribution in [3.8, 4) is 0 Å². The summed E-state index contributed by atoms with van der Waals surface area (Å²) in [7, 11) is -15.5. The molecule has 0 atom stereocenters. The monoisotopic (exact) mass is 360 g/mol. The van der Waals surface area contributed by atoms with Gasteiger partial charge in [-0.1, -0.05) is 0 Å². The molecule has 0 aromatic heterocycles. The molecule has 10 nitrogen and oxygen atoms in total. The molecular formula is C8H8O10S3. The van der Waals surface area contributed by atoms with Crippen LogP contribution in [0.4, 0.5) is 0 Å². The summed E-state index contributed by atoms with van der Waals surface area (Å²) in [6.07, 6.45) is 0. The third-order valence-corrected chi connectivity index (χ3v) is 4.83. The van der Waals surface area contributed by atoms with Crippen LogP contribution >= 0.6 is 0 Å². The van der Waals surface area contributed by atoms with Crippen LogP contribution in [0.1, 0.15) is 17.3 Å². The lowest BCUT2D eigenvalue weighted by atomic mass is 10.1. The summed E-state index contributed by atoms with van der Waals surface area (Å²) in [6, 6.07) is 0.381. The van der Waals surface area contributed by atoms with Crippen LogP contribution in [0.15, 0.2) is 26.8 Å². The van der Waals surface area contributed by atoms with Gasteiger partial charge in [-0.2, -0.15) is 25.3 Å². The maximum atomic E-state index is 11.4. The van der Waals surface area contributed by atoms with Crippen molar-refractivity contribution in [1.29, 1.82) is 0 Å². The minimum absolute atomic E-state index is 0.191. The summed E-state index contributed by atoms with van der Waals surface area (Å²) < 4.78 is 93.4. The van der Waals surface area contributed by atoms with Gasteiger partial charge >= 0.3 is 0 Å². The molecule has 1 aromatic carbocycles. The number of rotatable bonds is 4. The molecular weight excluding hydrogens is 352 g/mol. The van der Waals surface area contributed by atoms with Gasteiger partial charge in [0.25, 0.3) is 30.4 Å². The maximum Gasteiger partial charge on any atom is 0.295 e. The van der Waals surface area contributed by atoms with Gasteiger partial charge in [0.2, 0.25) is 0 Å². The number of benzene rings is 1. The first-order valence-corrected chi connectivity index (χ1v) is 9.09. The van der Waals surface area contributed by atoms with Gasteiger partial charge in [-0.05, 0) is 19.1 Å². The fourth-order valence-corrected chi connectivity index (χ4v) is 3.79. The molecule has 0 spiro atoms. The van der Waals surface area contributed by atoms with Crippen LogP contribution in [0.5, 0.6) is 0 Å². The first kappa shape index (κ1) is 17.7. The number of hydrogen-bond acceptors (Lipinski definition) is 7. The summed E-state index contributed by atoms with van der Waals surface area (Å²) in [5.74, 6) is -1.18. The Bertz CT molecular complexity index is 868. The van der Waals surface area contributed by atoms with E-state index in [9.17, 15) is 30.0 Å². The van der Waals surface area contributed by atoms with Crippen molar-refractivity contribution in [1.82, 2.24) is 0 Å². The van der Waals surface area contributed by atoms with Crippen molar-refractivity contribution in [2.24, 2.45) is 0 Å². The molecule has 0 unspecified atom stereocenters. The molecule has 0 aliphatic carbocycles. The third kappa shape index (κ3) is 3.84. The Morgan fingerprint density at radius 3 is 1.33 bits per heavy atom. The summed E-state index contributed by atoms with van der Waals surface area (Å²) >= 11 is 0. The standard InChI is InChI=1S/C8H8O10S3/c1-4(9)8-6(20(13,14)15)2-5(19(10,11)12)3-7(8)21(16,17)18/h2-3H,1H3,(H,10,11,12)(H,13,14,15)(H,16,17,18). The van der Waals surface area contributed by atoms with Crippen molar-refractivity contribution < 1.29 is 43.7 Å². The van der Waals surface area contributed by atoms with Crippen molar-refractivity contribution in [2.45, 2.75) is 21.6 Å². The molecule has 0 radical (unpaired) electrons. The Labute approximate surface area is 119 Å². The normalized spacial score (nSPS) is 13.1. The van der Waals surface area contributed by atoms with E-state index in [0.717, 1.165) is 6.92 Å². The highest BCUT2D eigenvalue weighted by atomic mass is 32.2. The van der Waals surface area contributed by atoms with E-state index in [4.69, 9.17) is 13.7 Å². The van der Waals surface area contributed by atoms with Crippen LogP contribution in [-0.4, -0.2) is 44.7 Å². The van der Waals surface area contributed by atoms with Crippen LogP contribution < -0.4 is 0 Å². The molecule has 13 heteroatoms. The van der Waals surface area contributed by atoms with E-state index in [2.05, 4.69) is 0 Å². The molecule has 118 valence electrons. The maximum absolute atomic E-state index is 11.4. The summed E-state index contributed by atoms with van der Waals surface area (Å²) in [5.41, 5.74) is -1.13. The largest absolute Gasteiger partial charge is 0.295 e. The van der Waals surface area contributed by atoms with Crippen molar-refractivity contribution >= 4 is 36.1 Å². The molecule has 0 saturated carbocycles. The number of ketones is 1. The Balaban J connectivity index is 4.19. The Hall–Kier alpha value is -1.38. The molecule has 1 rings (SSSR count). The fourth-order valence-electron chi connectivity index (χ4n) is 1.47. The zero-order chi connectivity index (χ0) is 16.8. The first-order chi connectivity index (χ1) is 9.15. The van der Waals surface area contributed by atoms with Crippen molar-refractivity contribution in [3.05, 3.63) is 17.7 Å². The molecule has 0 saturated heterocycles. The molecule has 0 fully saturated rings. The van der Waals surface area contributed by atoms with Crippen molar-refractivity contribution in [3.63, 3.8) is 0 Å². The topological polar surface area (TPSA) is 180 Å². The van der Waals surface area contributed by atoms with Crippen molar-refractivity contribution in [2.75, 3.05) is 0 Å². The van der Waals surface area contributed by atoms with E-state index < -0.39 is 56.4 Å². The minimum atomic E-state index is -5.22. The highest BCUT2D eigenvalue weighted by Crippen LogP contribution is 2.28. The SMILES string of the molecule is CC(=O)c1c(S(=O)(=O)O)cc(S(=O)(=O)O)cc1S(=O)(=O)O. The second kappa shape index (κ2) is 5.11.